The number of anilines is 1. The van der Waals surface area contributed by atoms with Gasteiger partial charge in [-0.2, -0.15) is 0 Å². The van der Waals surface area contributed by atoms with Crippen molar-refractivity contribution >= 4 is 11.6 Å². The standard InChI is InChI=1S/C16H15NO/c1-2-16(18)17-13-7-8-15-12(10-13)9-11-5-3-4-6-14(11)15/h3-8,10H,2,9H2,1H3,(H,17,18). The van der Waals surface area contributed by atoms with Crippen molar-refractivity contribution in [2.24, 2.45) is 0 Å². The normalized spacial score (nSPS) is 11.8. The van der Waals surface area contributed by atoms with Crippen molar-refractivity contribution in [2.75, 3.05) is 5.32 Å². The van der Waals surface area contributed by atoms with E-state index in [9.17, 15) is 4.79 Å². The summed E-state index contributed by atoms with van der Waals surface area (Å²) >= 11 is 0. The van der Waals surface area contributed by atoms with Crippen molar-refractivity contribution in [3.8, 4) is 11.1 Å². The Morgan fingerprint density at radius 2 is 1.89 bits per heavy atom. The van der Waals surface area contributed by atoms with Gasteiger partial charge in [-0.3, -0.25) is 4.79 Å². The molecule has 1 N–H and O–H groups in total. The lowest BCUT2D eigenvalue weighted by Gasteiger charge is -2.06. The molecule has 2 nitrogen and oxygen atoms in total. The summed E-state index contributed by atoms with van der Waals surface area (Å²) in [6.07, 6.45) is 1.47. The Balaban J connectivity index is 1.96. The lowest BCUT2D eigenvalue weighted by Crippen LogP contribution is -2.09. The first-order valence-corrected chi connectivity index (χ1v) is 6.29. The highest BCUT2D eigenvalue weighted by Crippen LogP contribution is 2.37. The lowest BCUT2D eigenvalue weighted by atomic mass is 10.1. The summed E-state index contributed by atoms with van der Waals surface area (Å²) in [7, 11) is 0. The molecule has 3 rings (SSSR count). The minimum Gasteiger partial charge on any atom is -0.326 e. The average Bonchev–Trinajstić information content (AvgIpc) is 2.76. The van der Waals surface area contributed by atoms with Crippen LogP contribution in [0.5, 0.6) is 0 Å². The van der Waals surface area contributed by atoms with Crippen molar-refractivity contribution in [1.82, 2.24) is 0 Å². The van der Waals surface area contributed by atoms with Gasteiger partial charge in [0.05, 0.1) is 0 Å². The smallest absolute Gasteiger partial charge is 0.224 e. The summed E-state index contributed by atoms with van der Waals surface area (Å²) in [6.45, 7) is 1.86. The third-order valence-corrected chi connectivity index (χ3v) is 3.40. The lowest BCUT2D eigenvalue weighted by molar-refractivity contribution is -0.115. The van der Waals surface area contributed by atoms with Crippen LogP contribution in [0.25, 0.3) is 11.1 Å². The highest BCUT2D eigenvalue weighted by Gasteiger charge is 2.17. The summed E-state index contributed by atoms with van der Waals surface area (Å²) in [5, 5.41) is 2.91. The van der Waals surface area contributed by atoms with Crippen LogP contribution in [0.2, 0.25) is 0 Å². The summed E-state index contributed by atoms with van der Waals surface area (Å²) in [6, 6.07) is 14.6. The molecule has 0 heterocycles. The predicted octanol–water partition coefficient (Wildman–Crippen LogP) is 3.61. The van der Waals surface area contributed by atoms with Crippen LogP contribution in [0.15, 0.2) is 42.5 Å². The molecule has 0 radical (unpaired) electrons. The van der Waals surface area contributed by atoms with E-state index in [1.807, 2.05) is 13.0 Å². The van der Waals surface area contributed by atoms with Crippen LogP contribution in [0, 0.1) is 0 Å². The van der Waals surface area contributed by atoms with Crippen LogP contribution in [-0.4, -0.2) is 5.91 Å². The highest BCUT2D eigenvalue weighted by molar-refractivity contribution is 5.91. The molecule has 0 saturated heterocycles. The molecule has 2 aromatic rings. The van der Waals surface area contributed by atoms with Crippen LogP contribution in [-0.2, 0) is 11.2 Å². The molecule has 0 spiro atoms. The van der Waals surface area contributed by atoms with Crippen LogP contribution in [0.4, 0.5) is 5.69 Å². The molecule has 0 unspecified atom stereocenters. The van der Waals surface area contributed by atoms with Gasteiger partial charge in [0.1, 0.15) is 0 Å². The Hall–Kier alpha value is -2.09. The van der Waals surface area contributed by atoms with Crippen LogP contribution in [0.1, 0.15) is 24.5 Å². The molecule has 0 fully saturated rings. The minimum absolute atomic E-state index is 0.0606. The molecule has 18 heavy (non-hydrogen) atoms. The molecule has 1 amide bonds. The Labute approximate surface area is 107 Å². The number of carbonyl (C=O) groups excluding carboxylic acids is 1. The number of fused-ring (bicyclic) bond motifs is 3. The number of nitrogens with one attached hydrogen (secondary N) is 1. The third-order valence-electron chi connectivity index (χ3n) is 3.40. The maximum absolute atomic E-state index is 11.4. The predicted molar refractivity (Wildman–Crippen MR) is 73.6 cm³/mol. The van der Waals surface area contributed by atoms with Gasteiger partial charge in [-0.15, -0.1) is 0 Å². The fraction of sp³-hybridized carbons (Fsp3) is 0.188. The third kappa shape index (κ3) is 1.80. The Morgan fingerprint density at radius 1 is 1.11 bits per heavy atom. The average molecular weight is 237 g/mol. The van der Waals surface area contributed by atoms with Gasteiger partial charge in [0, 0.05) is 12.1 Å². The van der Waals surface area contributed by atoms with Gasteiger partial charge in [-0.25, -0.2) is 0 Å². The summed E-state index contributed by atoms with van der Waals surface area (Å²) in [4.78, 5) is 11.4. The van der Waals surface area contributed by atoms with E-state index in [0.717, 1.165) is 12.1 Å². The molecule has 1 aliphatic carbocycles. The van der Waals surface area contributed by atoms with Gasteiger partial charge < -0.3 is 5.32 Å². The largest absolute Gasteiger partial charge is 0.326 e. The minimum atomic E-state index is 0.0606. The van der Waals surface area contributed by atoms with Gasteiger partial charge in [0.15, 0.2) is 0 Å². The maximum Gasteiger partial charge on any atom is 0.224 e. The summed E-state index contributed by atoms with van der Waals surface area (Å²) in [5.74, 6) is 0.0606. The first-order chi connectivity index (χ1) is 8.78. The molecular formula is C16H15NO. The van der Waals surface area contributed by atoms with E-state index in [1.54, 1.807) is 0 Å². The summed E-state index contributed by atoms with van der Waals surface area (Å²) in [5.41, 5.74) is 6.17. The topological polar surface area (TPSA) is 29.1 Å². The molecule has 0 aromatic heterocycles. The zero-order chi connectivity index (χ0) is 12.5. The quantitative estimate of drug-likeness (QED) is 0.724. The van der Waals surface area contributed by atoms with E-state index >= 15 is 0 Å². The molecular weight excluding hydrogens is 222 g/mol. The number of benzene rings is 2. The maximum atomic E-state index is 11.4. The van der Waals surface area contributed by atoms with E-state index in [0.29, 0.717) is 6.42 Å². The second-order valence-corrected chi connectivity index (χ2v) is 4.61. The van der Waals surface area contributed by atoms with Crippen LogP contribution >= 0.6 is 0 Å². The monoisotopic (exact) mass is 237 g/mol. The zero-order valence-corrected chi connectivity index (χ0v) is 10.4. The van der Waals surface area contributed by atoms with Crippen molar-refractivity contribution in [1.29, 1.82) is 0 Å². The molecule has 2 heteroatoms. The van der Waals surface area contributed by atoms with Crippen molar-refractivity contribution < 1.29 is 4.79 Å². The molecule has 90 valence electrons. The van der Waals surface area contributed by atoms with Crippen molar-refractivity contribution in [2.45, 2.75) is 19.8 Å². The van der Waals surface area contributed by atoms with Gasteiger partial charge in [-0.05, 0) is 40.8 Å². The first kappa shape index (κ1) is 11.0. The molecule has 2 aromatic carbocycles. The van der Waals surface area contributed by atoms with Crippen molar-refractivity contribution in [3.63, 3.8) is 0 Å². The van der Waals surface area contributed by atoms with Gasteiger partial charge in [0.25, 0.3) is 0 Å². The molecule has 0 aliphatic heterocycles. The first-order valence-electron chi connectivity index (χ1n) is 6.29. The fourth-order valence-corrected chi connectivity index (χ4v) is 2.47. The van der Waals surface area contributed by atoms with E-state index in [-0.39, 0.29) is 5.91 Å². The Morgan fingerprint density at radius 3 is 2.72 bits per heavy atom. The molecule has 1 aliphatic rings. The number of carbonyl (C=O) groups is 1. The van der Waals surface area contributed by atoms with Crippen LogP contribution < -0.4 is 5.32 Å². The van der Waals surface area contributed by atoms with Crippen LogP contribution in [0.3, 0.4) is 0 Å². The fourth-order valence-electron chi connectivity index (χ4n) is 2.47. The Bertz CT molecular complexity index is 616. The van der Waals surface area contributed by atoms with Gasteiger partial charge in [0.2, 0.25) is 5.91 Å². The number of hydrogen-bond donors (Lipinski definition) is 1. The number of hydrogen-bond acceptors (Lipinski definition) is 1. The van der Waals surface area contributed by atoms with E-state index < -0.39 is 0 Å². The molecule has 0 bridgehead atoms. The van der Waals surface area contributed by atoms with Gasteiger partial charge in [-0.1, -0.05) is 37.3 Å². The number of amides is 1. The van der Waals surface area contributed by atoms with E-state index in [1.165, 1.54) is 22.3 Å². The zero-order valence-electron chi connectivity index (χ0n) is 10.4. The summed E-state index contributed by atoms with van der Waals surface area (Å²) < 4.78 is 0. The second-order valence-electron chi connectivity index (χ2n) is 4.61. The SMILES string of the molecule is CCC(=O)Nc1ccc2c(c1)Cc1ccccc1-2. The van der Waals surface area contributed by atoms with E-state index in [4.69, 9.17) is 0 Å². The Kier molecular flexibility index (Phi) is 2.63. The molecule has 0 atom stereocenters. The van der Waals surface area contributed by atoms with Gasteiger partial charge >= 0.3 is 0 Å². The number of rotatable bonds is 2. The highest BCUT2D eigenvalue weighted by atomic mass is 16.1. The van der Waals surface area contributed by atoms with Crippen molar-refractivity contribution in [3.05, 3.63) is 53.6 Å². The van der Waals surface area contributed by atoms with E-state index in [2.05, 4.69) is 41.7 Å². The molecule has 0 saturated carbocycles. The second kappa shape index (κ2) is 4.30.